The van der Waals surface area contributed by atoms with E-state index in [0.717, 1.165) is 16.5 Å². The Kier molecular flexibility index (Phi) is 6.94. The highest BCUT2D eigenvalue weighted by atomic mass is 79.9. The number of phenols is 1. The van der Waals surface area contributed by atoms with Gasteiger partial charge in [0, 0.05) is 29.2 Å². The van der Waals surface area contributed by atoms with Crippen LogP contribution in [0.3, 0.4) is 0 Å². The van der Waals surface area contributed by atoms with Crippen molar-refractivity contribution < 1.29 is 13.5 Å². The molecule has 0 bridgehead atoms. The van der Waals surface area contributed by atoms with Crippen LogP contribution in [-0.4, -0.2) is 32.4 Å². The normalized spacial score (nSPS) is 13.3. The number of nitrogens with one attached hydrogen (secondary N) is 2. The second-order valence-corrected chi connectivity index (χ2v) is 7.28. The first-order chi connectivity index (χ1) is 9.39. The summed E-state index contributed by atoms with van der Waals surface area (Å²) in [4.78, 5) is 0. The highest BCUT2D eigenvalue weighted by molar-refractivity contribution is 9.10. The summed E-state index contributed by atoms with van der Waals surface area (Å²) in [5.74, 6) is 0.230. The predicted molar refractivity (Wildman–Crippen MR) is 84.3 cm³/mol. The van der Waals surface area contributed by atoms with Crippen molar-refractivity contribution in [3.63, 3.8) is 0 Å². The maximum absolute atomic E-state index is 11.5. The minimum Gasteiger partial charge on any atom is -0.508 e. The number of aromatic hydroxyl groups is 1. The van der Waals surface area contributed by atoms with E-state index in [0.29, 0.717) is 13.1 Å². The monoisotopic (exact) mass is 364 g/mol. The number of benzene rings is 1. The summed E-state index contributed by atoms with van der Waals surface area (Å²) in [6, 6.07) is 5.15. The Balaban J connectivity index is 2.66. The number of sulfonamides is 1. The summed E-state index contributed by atoms with van der Waals surface area (Å²) in [6.07, 6.45) is 0.755. The summed E-state index contributed by atoms with van der Waals surface area (Å²) in [5.41, 5.74) is 0.766. The van der Waals surface area contributed by atoms with Crippen LogP contribution in [0.15, 0.2) is 22.7 Å². The van der Waals surface area contributed by atoms with Gasteiger partial charge in [-0.3, -0.25) is 0 Å². The van der Waals surface area contributed by atoms with Crippen molar-refractivity contribution >= 4 is 26.0 Å². The van der Waals surface area contributed by atoms with Crippen molar-refractivity contribution in [3.8, 4) is 5.75 Å². The van der Waals surface area contributed by atoms with Gasteiger partial charge in [0.1, 0.15) is 5.75 Å². The van der Waals surface area contributed by atoms with E-state index in [-0.39, 0.29) is 17.5 Å². The summed E-state index contributed by atoms with van der Waals surface area (Å²) in [5, 5.41) is 13.1. The first-order valence-electron chi connectivity index (χ1n) is 6.58. The lowest BCUT2D eigenvalue weighted by atomic mass is 10.0. The molecule has 1 aromatic carbocycles. The van der Waals surface area contributed by atoms with E-state index in [9.17, 15) is 13.5 Å². The smallest absolute Gasteiger partial charge is 0.212 e. The molecule has 0 aromatic heterocycles. The lowest BCUT2D eigenvalue weighted by Gasteiger charge is -2.19. The van der Waals surface area contributed by atoms with Gasteiger partial charge in [-0.05, 0) is 24.6 Å². The Morgan fingerprint density at radius 2 is 2.05 bits per heavy atom. The molecule has 20 heavy (non-hydrogen) atoms. The Morgan fingerprint density at radius 1 is 1.35 bits per heavy atom. The molecule has 0 saturated heterocycles. The topological polar surface area (TPSA) is 78.4 Å². The molecule has 5 nitrogen and oxygen atoms in total. The molecule has 7 heteroatoms. The molecule has 0 aliphatic carbocycles. The van der Waals surface area contributed by atoms with Crippen LogP contribution in [0.2, 0.25) is 0 Å². The van der Waals surface area contributed by atoms with E-state index in [1.807, 2.05) is 13.0 Å². The zero-order valence-electron chi connectivity index (χ0n) is 11.7. The molecular formula is C13H21BrN2O3S. The molecular weight excluding hydrogens is 344 g/mol. The summed E-state index contributed by atoms with van der Waals surface area (Å²) in [7, 11) is -3.22. The van der Waals surface area contributed by atoms with Crippen molar-refractivity contribution in [1.82, 2.24) is 10.0 Å². The predicted octanol–water partition coefficient (Wildman–Crippen LogP) is 2.13. The van der Waals surface area contributed by atoms with Gasteiger partial charge in [-0.1, -0.05) is 29.8 Å². The van der Waals surface area contributed by atoms with Crippen molar-refractivity contribution in [2.45, 2.75) is 26.3 Å². The van der Waals surface area contributed by atoms with Gasteiger partial charge in [-0.15, -0.1) is 0 Å². The standard InChI is InChI=1S/C13H21BrN2O3S/c1-3-12(11-9-10(14)5-6-13(11)17)15-7-8-20(18,19)16-4-2/h5-6,9,12,15-17H,3-4,7-8H2,1-2H3. The van der Waals surface area contributed by atoms with Crippen LogP contribution in [0, 0.1) is 0 Å². The molecule has 0 aliphatic heterocycles. The highest BCUT2D eigenvalue weighted by Gasteiger charge is 2.15. The SMILES string of the molecule is CCNS(=O)(=O)CCNC(CC)c1cc(Br)ccc1O. The van der Waals surface area contributed by atoms with Gasteiger partial charge in [0.25, 0.3) is 0 Å². The fourth-order valence-electron chi connectivity index (χ4n) is 1.94. The molecule has 0 saturated carbocycles. The summed E-state index contributed by atoms with van der Waals surface area (Å²) < 4.78 is 26.4. The van der Waals surface area contributed by atoms with Gasteiger partial charge < -0.3 is 10.4 Å². The third kappa shape index (κ3) is 5.40. The van der Waals surface area contributed by atoms with Gasteiger partial charge in [-0.25, -0.2) is 13.1 Å². The second kappa shape index (κ2) is 7.97. The third-order valence-corrected chi connectivity index (χ3v) is 4.86. The fraction of sp³-hybridized carbons (Fsp3) is 0.538. The van der Waals surface area contributed by atoms with Gasteiger partial charge in [0.15, 0.2) is 0 Å². The molecule has 0 fully saturated rings. The number of halogens is 1. The largest absolute Gasteiger partial charge is 0.508 e. The molecule has 0 radical (unpaired) electrons. The third-order valence-electron chi connectivity index (χ3n) is 2.90. The van der Waals surface area contributed by atoms with Crippen molar-refractivity contribution in [3.05, 3.63) is 28.2 Å². The fourth-order valence-corrected chi connectivity index (χ4v) is 3.29. The van der Waals surface area contributed by atoms with Crippen LogP contribution >= 0.6 is 15.9 Å². The molecule has 1 rings (SSSR count). The van der Waals surface area contributed by atoms with Crippen molar-refractivity contribution in [2.24, 2.45) is 0 Å². The number of hydrogen-bond donors (Lipinski definition) is 3. The molecule has 1 atom stereocenters. The van der Waals surface area contributed by atoms with E-state index in [2.05, 4.69) is 26.0 Å². The molecule has 0 aliphatic rings. The van der Waals surface area contributed by atoms with E-state index < -0.39 is 10.0 Å². The van der Waals surface area contributed by atoms with Crippen LogP contribution in [0.1, 0.15) is 31.9 Å². The number of rotatable bonds is 8. The van der Waals surface area contributed by atoms with E-state index in [1.54, 1.807) is 19.1 Å². The van der Waals surface area contributed by atoms with Crippen LogP contribution in [0.25, 0.3) is 0 Å². The molecule has 1 aromatic rings. The summed E-state index contributed by atoms with van der Waals surface area (Å²) in [6.45, 7) is 4.46. The average molecular weight is 365 g/mol. The number of hydrogen-bond acceptors (Lipinski definition) is 4. The Hall–Kier alpha value is -0.630. The maximum atomic E-state index is 11.5. The van der Waals surface area contributed by atoms with Crippen molar-refractivity contribution in [1.29, 1.82) is 0 Å². The molecule has 3 N–H and O–H groups in total. The quantitative estimate of drug-likeness (QED) is 0.660. The van der Waals surface area contributed by atoms with E-state index in [4.69, 9.17) is 0 Å². The van der Waals surface area contributed by atoms with Gasteiger partial charge in [0.05, 0.1) is 5.75 Å². The molecule has 1 unspecified atom stereocenters. The van der Waals surface area contributed by atoms with Crippen LogP contribution in [-0.2, 0) is 10.0 Å². The van der Waals surface area contributed by atoms with Gasteiger partial charge in [0.2, 0.25) is 10.0 Å². The number of phenolic OH excluding ortho intramolecular Hbond substituents is 1. The summed E-state index contributed by atoms with van der Waals surface area (Å²) >= 11 is 3.37. The van der Waals surface area contributed by atoms with Gasteiger partial charge >= 0.3 is 0 Å². The highest BCUT2D eigenvalue weighted by Crippen LogP contribution is 2.29. The average Bonchev–Trinajstić information content (AvgIpc) is 2.38. The Morgan fingerprint density at radius 3 is 2.65 bits per heavy atom. The Bertz CT molecular complexity index is 534. The zero-order valence-corrected chi connectivity index (χ0v) is 14.1. The second-order valence-electron chi connectivity index (χ2n) is 4.43. The molecule has 0 amide bonds. The van der Waals surface area contributed by atoms with E-state index >= 15 is 0 Å². The first kappa shape index (κ1) is 17.4. The van der Waals surface area contributed by atoms with Gasteiger partial charge in [-0.2, -0.15) is 0 Å². The van der Waals surface area contributed by atoms with Crippen LogP contribution in [0.5, 0.6) is 5.75 Å². The van der Waals surface area contributed by atoms with Crippen molar-refractivity contribution in [2.75, 3.05) is 18.8 Å². The van der Waals surface area contributed by atoms with Crippen LogP contribution < -0.4 is 10.0 Å². The maximum Gasteiger partial charge on any atom is 0.212 e. The minimum atomic E-state index is -3.22. The first-order valence-corrected chi connectivity index (χ1v) is 9.03. The Labute approximate surface area is 129 Å². The van der Waals surface area contributed by atoms with Crippen LogP contribution in [0.4, 0.5) is 0 Å². The minimum absolute atomic E-state index is 0.0199. The lowest BCUT2D eigenvalue weighted by molar-refractivity contribution is 0.444. The molecule has 114 valence electrons. The zero-order chi connectivity index (χ0) is 15.2. The van der Waals surface area contributed by atoms with E-state index in [1.165, 1.54) is 0 Å². The molecule has 0 heterocycles. The lowest BCUT2D eigenvalue weighted by Crippen LogP contribution is -2.33. The molecule has 0 spiro atoms.